The number of aryl methyl sites for hydroxylation is 2. The van der Waals surface area contributed by atoms with Crippen molar-refractivity contribution in [3.63, 3.8) is 0 Å². The van der Waals surface area contributed by atoms with Crippen LogP contribution >= 0.6 is 0 Å². The molecule has 0 saturated carbocycles. The highest BCUT2D eigenvalue weighted by Gasteiger charge is 2.27. The zero-order chi connectivity index (χ0) is 23.0. The van der Waals surface area contributed by atoms with Gasteiger partial charge in [0.1, 0.15) is 6.54 Å². The van der Waals surface area contributed by atoms with Crippen molar-refractivity contribution in [3.05, 3.63) is 96.1 Å². The molecule has 32 heavy (non-hydrogen) atoms. The van der Waals surface area contributed by atoms with Gasteiger partial charge < -0.3 is 0 Å². The summed E-state index contributed by atoms with van der Waals surface area (Å²) in [7, 11) is -3.92. The second-order valence-corrected chi connectivity index (χ2v) is 9.39. The molecule has 0 aliphatic carbocycles. The van der Waals surface area contributed by atoms with E-state index >= 15 is 0 Å². The smallest absolute Gasteiger partial charge is 0.264 e. The second-order valence-electron chi connectivity index (χ2n) is 7.53. The quantitative estimate of drug-likeness (QED) is 0.390. The molecule has 1 N–H and O–H groups in total. The lowest BCUT2D eigenvalue weighted by Crippen LogP contribution is -2.39. The van der Waals surface area contributed by atoms with Crippen LogP contribution in [0, 0.1) is 6.92 Å². The zero-order valence-electron chi connectivity index (χ0n) is 18.2. The Hall–Kier alpha value is -3.45. The Kier molecular flexibility index (Phi) is 7.78. The molecule has 7 heteroatoms. The molecule has 0 spiro atoms. The zero-order valence-corrected chi connectivity index (χ0v) is 19.0. The first kappa shape index (κ1) is 23.2. The van der Waals surface area contributed by atoms with Gasteiger partial charge in [0.2, 0.25) is 0 Å². The molecular weight excluding hydrogens is 422 g/mol. The van der Waals surface area contributed by atoms with Crippen LogP contribution in [0.3, 0.4) is 0 Å². The van der Waals surface area contributed by atoms with Crippen LogP contribution < -0.4 is 9.73 Å². The number of rotatable bonds is 9. The number of nitrogens with one attached hydrogen (secondary N) is 1. The van der Waals surface area contributed by atoms with E-state index in [4.69, 9.17) is 0 Å². The third-order valence-corrected chi connectivity index (χ3v) is 6.72. The highest BCUT2D eigenvalue weighted by molar-refractivity contribution is 7.92. The molecule has 3 rings (SSSR count). The van der Waals surface area contributed by atoms with Crippen LogP contribution in [-0.2, 0) is 21.2 Å². The van der Waals surface area contributed by atoms with Crippen LogP contribution in [0.4, 0.5) is 5.69 Å². The Morgan fingerprint density at radius 2 is 1.50 bits per heavy atom. The van der Waals surface area contributed by atoms with Gasteiger partial charge in [0, 0.05) is 5.71 Å². The monoisotopic (exact) mass is 449 g/mol. The molecule has 0 fully saturated rings. The number of hydrogen-bond donors (Lipinski definition) is 1. The minimum atomic E-state index is -3.92. The standard InChI is InChI=1S/C25H27N3O3S/c1-20-13-17-23(18-14-20)28(32(30,31)24-11-7-4-8-12-24)19-25(29)27-26-21(2)15-16-22-9-5-3-6-10-22/h3-14,17-18H,15-16,19H2,1-2H3,(H,27,29)/b26-21+. The molecule has 6 nitrogen and oxygen atoms in total. The van der Waals surface area contributed by atoms with Gasteiger partial charge in [0.05, 0.1) is 10.6 Å². The van der Waals surface area contributed by atoms with Crippen LogP contribution in [0.25, 0.3) is 0 Å². The maximum Gasteiger partial charge on any atom is 0.264 e. The van der Waals surface area contributed by atoms with Crippen molar-refractivity contribution in [3.8, 4) is 0 Å². The lowest BCUT2D eigenvalue weighted by atomic mass is 10.1. The fraction of sp³-hybridized carbons (Fsp3) is 0.200. The normalized spacial score (nSPS) is 11.8. The second kappa shape index (κ2) is 10.7. The largest absolute Gasteiger partial charge is 0.271 e. The number of nitrogens with zero attached hydrogens (tertiary/aromatic N) is 2. The minimum Gasteiger partial charge on any atom is -0.271 e. The van der Waals surface area contributed by atoms with Gasteiger partial charge in [0.15, 0.2) is 0 Å². The molecule has 166 valence electrons. The molecule has 3 aromatic carbocycles. The fourth-order valence-electron chi connectivity index (χ4n) is 3.10. The van der Waals surface area contributed by atoms with E-state index in [0.29, 0.717) is 12.1 Å². The Labute approximate surface area is 189 Å². The third kappa shape index (κ3) is 6.28. The highest BCUT2D eigenvalue weighted by atomic mass is 32.2. The van der Waals surface area contributed by atoms with E-state index in [-0.39, 0.29) is 11.4 Å². The maximum atomic E-state index is 13.3. The molecule has 0 aliphatic rings. The summed E-state index contributed by atoms with van der Waals surface area (Å²) in [5.74, 6) is -0.510. The van der Waals surface area contributed by atoms with Crippen molar-refractivity contribution in [2.75, 3.05) is 10.8 Å². The van der Waals surface area contributed by atoms with Gasteiger partial charge in [-0.05, 0) is 56.5 Å². The molecule has 0 atom stereocenters. The summed E-state index contributed by atoms with van der Waals surface area (Å²) < 4.78 is 27.6. The fourth-order valence-corrected chi connectivity index (χ4v) is 4.54. The summed E-state index contributed by atoms with van der Waals surface area (Å²) in [5.41, 5.74) is 5.85. The van der Waals surface area contributed by atoms with E-state index < -0.39 is 15.9 Å². The van der Waals surface area contributed by atoms with E-state index in [1.807, 2.05) is 56.3 Å². The number of hydrogen-bond acceptors (Lipinski definition) is 4. The van der Waals surface area contributed by atoms with E-state index in [9.17, 15) is 13.2 Å². The summed E-state index contributed by atoms with van der Waals surface area (Å²) in [6.07, 6.45) is 1.50. The van der Waals surface area contributed by atoms with Gasteiger partial charge in [-0.1, -0.05) is 66.2 Å². The maximum absolute atomic E-state index is 13.3. The number of hydrazone groups is 1. The van der Waals surface area contributed by atoms with E-state index in [2.05, 4.69) is 10.5 Å². The Bertz CT molecular complexity index is 1160. The Balaban J connectivity index is 1.73. The van der Waals surface area contributed by atoms with Crippen molar-refractivity contribution in [1.29, 1.82) is 0 Å². The summed E-state index contributed by atoms with van der Waals surface area (Å²) in [4.78, 5) is 12.7. The highest BCUT2D eigenvalue weighted by Crippen LogP contribution is 2.23. The predicted octanol–water partition coefficient (Wildman–Crippen LogP) is 4.32. The van der Waals surface area contributed by atoms with Gasteiger partial charge >= 0.3 is 0 Å². The molecule has 0 saturated heterocycles. The van der Waals surface area contributed by atoms with E-state index in [1.54, 1.807) is 30.3 Å². The summed E-state index contributed by atoms with van der Waals surface area (Å²) >= 11 is 0. The van der Waals surface area contributed by atoms with E-state index in [1.165, 1.54) is 17.7 Å². The Morgan fingerprint density at radius 3 is 2.12 bits per heavy atom. The number of amides is 1. The average Bonchev–Trinajstić information content (AvgIpc) is 2.81. The molecule has 3 aromatic rings. The van der Waals surface area contributed by atoms with Crippen molar-refractivity contribution < 1.29 is 13.2 Å². The molecule has 1 amide bonds. The van der Waals surface area contributed by atoms with Crippen LogP contribution in [0.15, 0.2) is 94.9 Å². The van der Waals surface area contributed by atoms with Gasteiger partial charge in [-0.25, -0.2) is 13.8 Å². The van der Waals surface area contributed by atoms with Gasteiger partial charge in [0.25, 0.3) is 15.9 Å². The summed E-state index contributed by atoms with van der Waals surface area (Å²) in [6.45, 7) is 3.37. The van der Waals surface area contributed by atoms with Crippen LogP contribution in [0.2, 0.25) is 0 Å². The molecule has 0 heterocycles. The lowest BCUT2D eigenvalue weighted by Gasteiger charge is -2.23. The number of benzene rings is 3. The first-order valence-electron chi connectivity index (χ1n) is 10.4. The van der Waals surface area contributed by atoms with Crippen LogP contribution in [-0.4, -0.2) is 26.6 Å². The minimum absolute atomic E-state index is 0.121. The van der Waals surface area contributed by atoms with Gasteiger partial charge in [-0.15, -0.1) is 0 Å². The van der Waals surface area contributed by atoms with Crippen LogP contribution in [0.1, 0.15) is 24.5 Å². The average molecular weight is 450 g/mol. The van der Waals surface area contributed by atoms with Crippen molar-refractivity contribution in [1.82, 2.24) is 5.43 Å². The van der Waals surface area contributed by atoms with Crippen LogP contribution in [0.5, 0.6) is 0 Å². The Morgan fingerprint density at radius 1 is 0.906 bits per heavy atom. The SMILES string of the molecule is C/C(CCc1ccccc1)=N\NC(=O)CN(c1ccc(C)cc1)S(=O)(=O)c1ccccc1. The molecule has 0 radical (unpaired) electrons. The molecule has 0 unspecified atom stereocenters. The first-order valence-corrected chi connectivity index (χ1v) is 11.8. The van der Waals surface area contributed by atoms with Gasteiger partial charge in [-0.2, -0.15) is 5.10 Å². The van der Waals surface area contributed by atoms with Crippen molar-refractivity contribution in [2.45, 2.75) is 31.6 Å². The topological polar surface area (TPSA) is 78.8 Å². The van der Waals surface area contributed by atoms with Crippen molar-refractivity contribution >= 4 is 27.3 Å². The predicted molar refractivity (Wildman–Crippen MR) is 128 cm³/mol. The molecule has 0 aliphatic heterocycles. The molecule has 0 aromatic heterocycles. The van der Waals surface area contributed by atoms with Crippen molar-refractivity contribution in [2.24, 2.45) is 5.10 Å². The van der Waals surface area contributed by atoms with Gasteiger partial charge in [-0.3, -0.25) is 9.10 Å². The summed E-state index contributed by atoms with van der Waals surface area (Å²) in [6, 6.07) is 25.1. The lowest BCUT2D eigenvalue weighted by molar-refractivity contribution is -0.119. The number of carbonyl (C=O) groups is 1. The number of carbonyl (C=O) groups excluding carboxylic acids is 1. The number of sulfonamides is 1. The molecular formula is C25H27N3O3S. The molecule has 0 bridgehead atoms. The summed E-state index contributed by atoms with van der Waals surface area (Å²) in [5, 5.41) is 4.15. The first-order chi connectivity index (χ1) is 15.4. The number of anilines is 1. The van der Waals surface area contributed by atoms with E-state index in [0.717, 1.165) is 22.0 Å². The third-order valence-electron chi connectivity index (χ3n) is 4.93.